The number of carbonyl (C=O) groups is 7. The zero-order chi connectivity index (χ0) is 33.3. The number of non-ortho nitro benzene ring substituents is 1. The van der Waals surface area contributed by atoms with E-state index in [0.29, 0.717) is 0 Å². The molecule has 1 aliphatic rings. The highest BCUT2D eigenvalue weighted by Crippen LogP contribution is 2.32. The molecule has 2 amide bonds. The number of esters is 6. The molecule has 0 saturated carbocycles. The molecular weight excluding hydrogens is 594 g/mol. The van der Waals surface area contributed by atoms with E-state index >= 15 is 0 Å². The van der Waals surface area contributed by atoms with Crippen LogP contribution in [0.2, 0.25) is 0 Å². The first-order valence-corrected chi connectivity index (χ1v) is 12.8. The van der Waals surface area contributed by atoms with E-state index in [4.69, 9.17) is 28.4 Å². The molecule has 0 bridgehead atoms. The van der Waals surface area contributed by atoms with Gasteiger partial charge in [0.05, 0.1) is 4.92 Å². The van der Waals surface area contributed by atoms with Gasteiger partial charge in [-0.25, -0.2) is 4.79 Å². The van der Waals surface area contributed by atoms with Gasteiger partial charge in [0.15, 0.2) is 24.4 Å². The standard InChI is InChI=1S/C26H31N3O15/c1-12(30)39-11-20(40-13(2)31)22(41-14(3)32)24(43-16(5)34)23(42-15(4)33)21-25(44-17(6)35)28(26(36)27-21)18-7-9-19(10-8-18)29(37)38/h7-10,20-25H,11H2,1-6H3,(H,27,36)/t20-,21?,22-,23-,24-,25-/m1/s1. The largest absolute Gasteiger partial charge is 0.462 e. The quantitative estimate of drug-likeness (QED) is 0.137. The van der Waals surface area contributed by atoms with Crippen molar-refractivity contribution in [1.82, 2.24) is 5.32 Å². The third-order valence-corrected chi connectivity index (χ3v) is 5.74. The molecule has 1 aromatic carbocycles. The summed E-state index contributed by atoms with van der Waals surface area (Å²) in [7, 11) is 0. The molecule has 18 nitrogen and oxygen atoms in total. The first-order valence-electron chi connectivity index (χ1n) is 12.8. The molecule has 0 aromatic heterocycles. The number of nitrogens with zero attached hydrogens (tertiary/aromatic N) is 2. The van der Waals surface area contributed by atoms with E-state index in [1.54, 1.807) is 0 Å². The van der Waals surface area contributed by atoms with E-state index in [9.17, 15) is 43.7 Å². The molecule has 6 atom stereocenters. The van der Waals surface area contributed by atoms with Crippen LogP contribution in [0.25, 0.3) is 0 Å². The fourth-order valence-electron chi connectivity index (χ4n) is 4.30. The number of ether oxygens (including phenoxy) is 6. The predicted molar refractivity (Wildman–Crippen MR) is 142 cm³/mol. The SMILES string of the molecule is CC(=O)OC[C@@H](OC(C)=O)[C@@H](OC(C)=O)[C@@H](OC(C)=O)[C@H](OC(C)=O)C1NC(=O)N(c2ccc([N+](=O)[O-])cc2)[C@@H]1OC(C)=O. The number of amides is 2. The van der Waals surface area contributed by atoms with Crippen molar-refractivity contribution in [3.8, 4) is 0 Å². The highest BCUT2D eigenvalue weighted by Gasteiger charge is 2.55. The minimum atomic E-state index is -1.89. The van der Waals surface area contributed by atoms with Gasteiger partial charge in [0.25, 0.3) is 5.69 Å². The Kier molecular flexibility index (Phi) is 12.1. The van der Waals surface area contributed by atoms with Crippen LogP contribution in [0.15, 0.2) is 24.3 Å². The van der Waals surface area contributed by atoms with Crippen LogP contribution in [0.1, 0.15) is 41.5 Å². The monoisotopic (exact) mass is 625 g/mol. The van der Waals surface area contributed by atoms with Gasteiger partial charge in [-0.05, 0) is 12.1 Å². The third kappa shape index (κ3) is 9.63. The Morgan fingerprint density at radius 3 is 1.77 bits per heavy atom. The minimum absolute atomic E-state index is 0.0108. The Balaban J connectivity index is 2.74. The number of nitro benzene ring substituents is 1. The average molecular weight is 626 g/mol. The first kappa shape index (κ1) is 34.9. The number of anilines is 1. The molecule has 0 radical (unpaired) electrons. The van der Waals surface area contributed by atoms with Gasteiger partial charge in [-0.1, -0.05) is 0 Å². The van der Waals surface area contributed by atoms with Gasteiger partial charge in [0.1, 0.15) is 12.6 Å². The summed E-state index contributed by atoms with van der Waals surface area (Å²) in [6.07, 6.45) is -8.83. The molecule has 1 heterocycles. The zero-order valence-corrected chi connectivity index (χ0v) is 24.5. The average Bonchev–Trinajstić information content (AvgIpc) is 3.21. The van der Waals surface area contributed by atoms with Crippen LogP contribution in [0.5, 0.6) is 0 Å². The van der Waals surface area contributed by atoms with Crippen LogP contribution in [-0.2, 0) is 57.2 Å². The van der Waals surface area contributed by atoms with E-state index in [0.717, 1.165) is 58.6 Å². The van der Waals surface area contributed by atoms with Gasteiger partial charge in [0, 0.05) is 59.4 Å². The summed E-state index contributed by atoms with van der Waals surface area (Å²) in [5, 5.41) is 13.6. The molecule has 1 aromatic rings. The number of carbonyl (C=O) groups excluding carboxylic acids is 7. The Hall–Kier alpha value is -5.29. The molecule has 240 valence electrons. The smallest absolute Gasteiger partial charge is 0.325 e. The fourth-order valence-corrected chi connectivity index (χ4v) is 4.30. The van der Waals surface area contributed by atoms with Gasteiger partial charge >= 0.3 is 41.8 Å². The van der Waals surface area contributed by atoms with Crippen molar-refractivity contribution in [2.75, 3.05) is 11.5 Å². The van der Waals surface area contributed by atoms with Gasteiger partial charge in [0.2, 0.25) is 6.23 Å². The topological polar surface area (TPSA) is 233 Å². The summed E-state index contributed by atoms with van der Waals surface area (Å²) in [6.45, 7) is 5.22. The van der Waals surface area contributed by atoms with Crippen molar-refractivity contribution >= 4 is 53.2 Å². The molecule has 1 unspecified atom stereocenters. The van der Waals surface area contributed by atoms with Gasteiger partial charge in [-0.2, -0.15) is 0 Å². The second kappa shape index (κ2) is 15.3. The normalized spacial score (nSPS) is 18.4. The minimum Gasteiger partial charge on any atom is -0.462 e. The number of nitrogens with one attached hydrogen (secondary N) is 1. The van der Waals surface area contributed by atoms with Crippen molar-refractivity contribution in [1.29, 1.82) is 0 Å². The zero-order valence-electron chi connectivity index (χ0n) is 24.5. The molecule has 1 N–H and O–H groups in total. The maximum Gasteiger partial charge on any atom is 0.325 e. The Bertz CT molecular complexity index is 1300. The second-order valence-corrected chi connectivity index (χ2v) is 9.29. The van der Waals surface area contributed by atoms with Crippen molar-refractivity contribution in [2.24, 2.45) is 0 Å². The maximum atomic E-state index is 13.3. The van der Waals surface area contributed by atoms with Crippen LogP contribution in [0, 0.1) is 10.1 Å². The Morgan fingerprint density at radius 1 is 0.795 bits per heavy atom. The lowest BCUT2D eigenvalue weighted by atomic mass is 9.95. The van der Waals surface area contributed by atoms with E-state index in [-0.39, 0.29) is 11.4 Å². The van der Waals surface area contributed by atoms with E-state index in [1.807, 2.05) is 0 Å². The molecule has 44 heavy (non-hydrogen) atoms. The summed E-state index contributed by atoms with van der Waals surface area (Å²) < 4.78 is 31.8. The van der Waals surface area contributed by atoms with Gasteiger partial charge < -0.3 is 33.7 Å². The molecule has 1 saturated heterocycles. The van der Waals surface area contributed by atoms with E-state index in [2.05, 4.69) is 5.32 Å². The predicted octanol–water partition coefficient (Wildman–Crippen LogP) is 0.672. The lowest BCUT2D eigenvalue weighted by Crippen LogP contribution is -2.60. The maximum absolute atomic E-state index is 13.3. The number of hydrogen-bond acceptors (Lipinski definition) is 15. The molecule has 1 aliphatic heterocycles. The fraction of sp³-hybridized carbons (Fsp3) is 0.500. The highest BCUT2D eigenvalue weighted by molar-refractivity contribution is 5.96. The van der Waals surface area contributed by atoms with Crippen molar-refractivity contribution in [3.05, 3.63) is 34.4 Å². The van der Waals surface area contributed by atoms with Crippen LogP contribution in [0.3, 0.4) is 0 Å². The van der Waals surface area contributed by atoms with E-state index < -0.39 is 90.1 Å². The van der Waals surface area contributed by atoms with Gasteiger partial charge in [-0.3, -0.25) is 43.8 Å². The summed E-state index contributed by atoms with van der Waals surface area (Å²) in [4.78, 5) is 97.2. The number of hydrogen-bond donors (Lipinski definition) is 1. The third-order valence-electron chi connectivity index (χ3n) is 5.74. The Labute approximate surface area is 249 Å². The molecule has 0 spiro atoms. The molecule has 1 fully saturated rings. The molecule has 2 rings (SSSR count). The van der Waals surface area contributed by atoms with Gasteiger partial charge in [-0.15, -0.1) is 0 Å². The van der Waals surface area contributed by atoms with Crippen molar-refractivity contribution in [3.63, 3.8) is 0 Å². The lowest BCUT2D eigenvalue weighted by molar-refractivity contribution is -0.384. The van der Waals surface area contributed by atoms with Crippen LogP contribution in [-0.4, -0.2) is 90.1 Å². The molecule has 18 heteroatoms. The van der Waals surface area contributed by atoms with E-state index in [1.165, 1.54) is 12.1 Å². The number of nitro groups is 1. The summed E-state index contributed by atoms with van der Waals surface area (Å²) >= 11 is 0. The summed E-state index contributed by atoms with van der Waals surface area (Å²) in [5.74, 6) is -5.67. The van der Waals surface area contributed by atoms with Crippen molar-refractivity contribution < 1.29 is 66.9 Å². The lowest BCUT2D eigenvalue weighted by Gasteiger charge is -2.38. The molecule has 0 aliphatic carbocycles. The van der Waals surface area contributed by atoms with Crippen LogP contribution < -0.4 is 10.2 Å². The van der Waals surface area contributed by atoms with Crippen LogP contribution >= 0.6 is 0 Å². The van der Waals surface area contributed by atoms with Crippen LogP contribution in [0.4, 0.5) is 16.2 Å². The number of rotatable bonds is 13. The summed E-state index contributed by atoms with van der Waals surface area (Å²) in [5.41, 5.74) is -0.299. The number of benzene rings is 1. The van der Waals surface area contributed by atoms with Crippen molar-refractivity contribution in [2.45, 2.75) is 78.2 Å². The highest BCUT2D eigenvalue weighted by atomic mass is 16.6. The number of urea groups is 1. The summed E-state index contributed by atoms with van der Waals surface area (Å²) in [6, 6.07) is 2.05. The first-order chi connectivity index (χ1) is 20.5. The Morgan fingerprint density at radius 2 is 1.32 bits per heavy atom. The molecular formula is C26H31N3O15. The second-order valence-electron chi connectivity index (χ2n) is 9.29.